The second-order valence-corrected chi connectivity index (χ2v) is 9.02. The minimum atomic E-state index is -0.376. The Kier molecular flexibility index (Phi) is 8.22. The summed E-state index contributed by atoms with van der Waals surface area (Å²) in [6.07, 6.45) is 5.52. The van der Waals surface area contributed by atoms with E-state index >= 15 is 0 Å². The van der Waals surface area contributed by atoms with Crippen LogP contribution < -0.4 is 20.1 Å². The van der Waals surface area contributed by atoms with Crippen molar-refractivity contribution in [1.82, 2.24) is 10.2 Å². The molecule has 0 saturated carbocycles. The number of ether oxygens (including phenoxy) is 2. The summed E-state index contributed by atoms with van der Waals surface area (Å²) < 4.78 is 10.6. The molecule has 0 spiro atoms. The molecule has 2 aromatic rings. The lowest BCUT2D eigenvalue weighted by Gasteiger charge is -2.15. The van der Waals surface area contributed by atoms with E-state index in [1.54, 1.807) is 38.5 Å². The fraction of sp³-hybridized carbons (Fsp3) is 0.357. The van der Waals surface area contributed by atoms with Gasteiger partial charge >= 0.3 is 0 Å². The Hall–Kier alpha value is -4.14. The number of nitrogens with one attached hydrogen (secondary N) is 2. The summed E-state index contributed by atoms with van der Waals surface area (Å²) in [5, 5.41) is 5.63. The Labute approximate surface area is 215 Å². The Morgan fingerprint density at radius 3 is 2.30 bits per heavy atom. The number of imide groups is 1. The number of amides is 4. The van der Waals surface area contributed by atoms with E-state index < -0.39 is 0 Å². The topological polar surface area (TPSA) is 114 Å². The average Bonchev–Trinajstić information content (AvgIpc) is 3.16. The highest BCUT2D eigenvalue weighted by molar-refractivity contribution is 6.06. The minimum Gasteiger partial charge on any atom is -0.493 e. The third-order valence-electron chi connectivity index (χ3n) is 6.75. The van der Waals surface area contributed by atoms with Crippen molar-refractivity contribution in [1.29, 1.82) is 0 Å². The maximum Gasteiger partial charge on any atom is 0.253 e. The van der Waals surface area contributed by atoms with Crippen molar-refractivity contribution in [2.45, 2.75) is 25.7 Å². The first-order valence-electron chi connectivity index (χ1n) is 12.3. The summed E-state index contributed by atoms with van der Waals surface area (Å²) >= 11 is 0. The van der Waals surface area contributed by atoms with Crippen molar-refractivity contribution in [2.75, 3.05) is 32.6 Å². The summed E-state index contributed by atoms with van der Waals surface area (Å²) in [5.41, 5.74) is 1.67. The predicted molar refractivity (Wildman–Crippen MR) is 137 cm³/mol. The van der Waals surface area contributed by atoms with E-state index in [9.17, 15) is 19.2 Å². The van der Waals surface area contributed by atoms with Gasteiger partial charge in [-0.1, -0.05) is 30.4 Å². The highest BCUT2D eigenvalue weighted by Crippen LogP contribution is 2.35. The van der Waals surface area contributed by atoms with Crippen molar-refractivity contribution in [3.8, 4) is 11.5 Å². The quantitative estimate of drug-likeness (QED) is 0.379. The smallest absolute Gasteiger partial charge is 0.253 e. The number of fused-ring (bicyclic) bond motifs is 1. The van der Waals surface area contributed by atoms with Crippen LogP contribution in [0.2, 0.25) is 0 Å². The SMILES string of the molecule is COc1ccc(CCNC(=O)c2ccccc2NC(=O)CCN2C(=O)[C@H]3CC=CC[C@H]3C2=O)cc1OC. The average molecular weight is 506 g/mol. The normalized spacial score (nSPS) is 18.4. The molecule has 9 nitrogen and oxygen atoms in total. The zero-order valence-electron chi connectivity index (χ0n) is 21.0. The largest absolute Gasteiger partial charge is 0.493 e. The number of allylic oxidation sites excluding steroid dienone is 2. The first-order valence-corrected chi connectivity index (χ1v) is 12.3. The molecular formula is C28H31N3O6. The van der Waals surface area contributed by atoms with Crippen LogP contribution in [0.1, 0.15) is 35.2 Å². The molecule has 0 bridgehead atoms. The summed E-state index contributed by atoms with van der Waals surface area (Å²) in [7, 11) is 3.14. The van der Waals surface area contributed by atoms with Crippen LogP contribution in [0.25, 0.3) is 0 Å². The van der Waals surface area contributed by atoms with Gasteiger partial charge in [0, 0.05) is 19.5 Å². The van der Waals surface area contributed by atoms with E-state index in [-0.39, 0.29) is 48.4 Å². The highest BCUT2D eigenvalue weighted by atomic mass is 16.5. The lowest BCUT2D eigenvalue weighted by molar-refractivity contribution is -0.140. The molecule has 2 aliphatic rings. The Morgan fingerprint density at radius 1 is 0.946 bits per heavy atom. The first kappa shape index (κ1) is 25.9. The fourth-order valence-corrected chi connectivity index (χ4v) is 4.76. The van der Waals surface area contributed by atoms with E-state index in [0.29, 0.717) is 48.6 Å². The van der Waals surface area contributed by atoms with Crippen LogP contribution >= 0.6 is 0 Å². The molecule has 2 atom stereocenters. The second kappa shape index (κ2) is 11.7. The zero-order chi connectivity index (χ0) is 26.4. The monoisotopic (exact) mass is 505 g/mol. The summed E-state index contributed by atoms with van der Waals surface area (Å²) in [5.74, 6) is -0.492. The zero-order valence-corrected chi connectivity index (χ0v) is 21.0. The number of anilines is 1. The van der Waals surface area contributed by atoms with Crippen LogP contribution in [0, 0.1) is 11.8 Å². The number of hydrogen-bond donors (Lipinski definition) is 2. The fourth-order valence-electron chi connectivity index (χ4n) is 4.76. The van der Waals surface area contributed by atoms with E-state index in [2.05, 4.69) is 10.6 Å². The van der Waals surface area contributed by atoms with Crippen molar-refractivity contribution >= 4 is 29.3 Å². The number of nitrogens with zero attached hydrogens (tertiary/aromatic N) is 1. The lowest BCUT2D eigenvalue weighted by Crippen LogP contribution is -2.34. The number of carbonyl (C=O) groups excluding carboxylic acids is 4. The molecule has 0 radical (unpaired) electrons. The van der Waals surface area contributed by atoms with Gasteiger partial charge in [0.25, 0.3) is 5.91 Å². The van der Waals surface area contributed by atoms with Gasteiger partial charge in [0.1, 0.15) is 0 Å². The Morgan fingerprint density at radius 2 is 1.62 bits per heavy atom. The number of rotatable bonds is 10. The molecule has 9 heteroatoms. The van der Waals surface area contributed by atoms with Crippen molar-refractivity contribution < 1.29 is 28.7 Å². The molecule has 1 heterocycles. The van der Waals surface area contributed by atoms with E-state index in [1.165, 1.54) is 4.90 Å². The molecule has 1 saturated heterocycles. The Balaban J connectivity index is 1.30. The standard InChI is InChI=1S/C28H31N3O6/c1-36-23-12-11-18(17-24(23)37-2)13-15-29-26(33)21-9-5-6-10-22(21)30-25(32)14-16-31-27(34)19-7-3-4-8-20(19)28(31)35/h3-6,9-12,17,19-20H,7-8,13-16H2,1-2H3,(H,29,33)(H,30,32)/t19-,20+. The molecule has 194 valence electrons. The van der Waals surface area contributed by atoms with E-state index in [1.807, 2.05) is 30.4 Å². The van der Waals surface area contributed by atoms with Crippen LogP contribution in [-0.2, 0) is 20.8 Å². The third kappa shape index (κ3) is 5.82. The molecule has 1 aliphatic carbocycles. The van der Waals surface area contributed by atoms with Crippen LogP contribution in [-0.4, -0.2) is 55.8 Å². The molecule has 0 unspecified atom stereocenters. The Bertz CT molecular complexity index is 1200. The number of likely N-dealkylation sites (tertiary alicyclic amines) is 1. The number of carbonyl (C=O) groups is 4. The maximum absolute atomic E-state index is 12.8. The van der Waals surface area contributed by atoms with E-state index in [4.69, 9.17) is 9.47 Å². The number of para-hydroxylation sites is 1. The van der Waals surface area contributed by atoms with Gasteiger partial charge in [0.05, 0.1) is 37.3 Å². The van der Waals surface area contributed by atoms with E-state index in [0.717, 1.165) is 5.56 Å². The highest BCUT2D eigenvalue weighted by Gasteiger charge is 2.46. The van der Waals surface area contributed by atoms with Crippen molar-refractivity contribution in [3.63, 3.8) is 0 Å². The van der Waals surface area contributed by atoms with Gasteiger partial charge in [-0.05, 0) is 49.1 Å². The summed E-state index contributed by atoms with van der Waals surface area (Å²) in [6.45, 7) is 0.406. The van der Waals surface area contributed by atoms with Crippen molar-refractivity contribution in [2.24, 2.45) is 11.8 Å². The molecule has 0 aromatic heterocycles. The predicted octanol–water partition coefficient (Wildman–Crippen LogP) is 2.96. The molecule has 2 aromatic carbocycles. The van der Waals surface area contributed by atoms with Gasteiger partial charge in [0.15, 0.2) is 11.5 Å². The molecule has 1 aliphatic heterocycles. The molecule has 37 heavy (non-hydrogen) atoms. The first-order chi connectivity index (χ1) is 17.9. The second-order valence-electron chi connectivity index (χ2n) is 9.02. The van der Waals surface area contributed by atoms with Crippen LogP contribution in [0.15, 0.2) is 54.6 Å². The number of methoxy groups -OCH3 is 2. The lowest BCUT2D eigenvalue weighted by atomic mass is 9.85. The van der Waals surface area contributed by atoms with Crippen LogP contribution in [0.4, 0.5) is 5.69 Å². The molecule has 4 amide bonds. The minimum absolute atomic E-state index is 0.0240. The summed E-state index contributed by atoms with van der Waals surface area (Å²) in [6, 6.07) is 12.3. The van der Waals surface area contributed by atoms with Gasteiger partial charge in [0.2, 0.25) is 17.7 Å². The van der Waals surface area contributed by atoms with Crippen LogP contribution in [0.5, 0.6) is 11.5 Å². The van der Waals surface area contributed by atoms with Crippen LogP contribution in [0.3, 0.4) is 0 Å². The van der Waals surface area contributed by atoms with Gasteiger partial charge in [-0.2, -0.15) is 0 Å². The molecular weight excluding hydrogens is 474 g/mol. The van der Waals surface area contributed by atoms with Gasteiger partial charge < -0.3 is 20.1 Å². The summed E-state index contributed by atoms with van der Waals surface area (Å²) in [4.78, 5) is 51.9. The van der Waals surface area contributed by atoms with Gasteiger partial charge in [-0.25, -0.2) is 0 Å². The third-order valence-corrected chi connectivity index (χ3v) is 6.75. The molecule has 4 rings (SSSR count). The molecule has 1 fully saturated rings. The van der Waals surface area contributed by atoms with Crippen molar-refractivity contribution in [3.05, 3.63) is 65.7 Å². The number of hydrogen-bond acceptors (Lipinski definition) is 6. The number of benzene rings is 2. The molecule has 2 N–H and O–H groups in total. The van der Waals surface area contributed by atoms with Gasteiger partial charge in [-0.3, -0.25) is 24.1 Å². The maximum atomic E-state index is 12.8. The van der Waals surface area contributed by atoms with Gasteiger partial charge in [-0.15, -0.1) is 0 Å².